The molecule has 0 spiro atoms. The Morgan fingerprint density at radius 3 is 2.88 bits per heavy atom. The van der Waals surface area contributed by atoms with Crippen molar-refractivity contribution >= 4 is 51.4 Å². The number of benzene rings is 1. The minimum Gasteiger partial charge on any atom is -0.382 e. The molecular formula is C15H19ClN4O2S2. The van der Waals surface area contributed by atoms with Crippen molar-refractivity contribution in [2.24, 2.45) is 0 Å². The molecule has 0 saturated heterocycles. The van der Waals surface area contributed by atoms with Crippen LogP contribution < -0.4 is 10.6 Å². The molecule has 24 heavy (non-hydrogen) atoms. The van der Waals surface area contributed by atoms with Crippen LogP contribution in [0.15, 0.2) is 28.6 Å². The molecule has 2 N–H and O–H groups in total. The van der Waals surface area contributed by atoms with Crippen molar-refractivity contribution in [3.05, 3.63) is 29.3 Å². The Morgan fingerprint density at radius 1 is 1.33 bits per heavy atom. The summed E-state index contributed by atoms with van der Waals surface area (Å²) >= 11 is 8.61. The lowest BCUT2D eigenvalue weighted by Gasteiger charge is -2.03. The number of rotatable bonds is 10. The zero-order valence-corrected chi connectivity index (χ0v) is 15.6. The molecule has 2 aromatic rings. The van der Waals surface area contributed by atoms with Gasteiger partial charge in [-0.2, -0.15) is 0 Å². The lowest BCUT2D eigenvalue weighted by atomic mass is 10.3. The maximum atomic E-state index is 11.9. The second-order valence-electron chi connectivity index (χ2n) is 4.69. The summed E-state index contributed by atoms with van der Waals surface area (Å²) in [5.74, 6) is 0.186. The van der Waals surface area contributed by atoms with Gasteiger partial charge >= 0.3 is 0 Å². The molecule has 130 valence electrons. The third-order valence-corrected chi connectivity index (χ3v) is 5.07. The summed E-state index contributed by atoms with van der Waals surface area (Å²) in [6.45, 7) is 4.23. The fraction of sp³-hybridized carbons (Fsp3) is 0.400. The van der Waals surface area contributed by atoms with E-state index in [4.69, 9.17) is 16.3 Å². The molecule has 0 radical (unpaired) electrons. The number of hydrogen-bond donors (Lipinski definition) is 2. The summed E-state index contributed by atoms with van der Waals surface area (Å²) in [7, 11) is 0. The van der Waals surface area contributed by atoms with Crippen molar-refractivity contribution in [1.82, 2.24) is 10.2 Å². The number of nitrogens with zero attached hydrogens (tertiary/aromatic N) is 2. The highest BCUT2D eigenvalue weighted by atomic mass is 35.5. The van der Waals surface area contributed by atoms with Crippen LogP contribution in [0, 0.1) is 0 Å². The van der Waals surface area contributed by atoms with Crippen molar-refractivity contribution < 1.29 is 9.53 Å². The van der Waals surface area contributed by atoms with Crippen molar-refractivity contribution in [3.8, 4) is 0 Å². The van der Waals surface area contributed by atoms with Gasteiger partial charge in [0.25, 0.3) is 0 Å². The highest BCUT2D eigenvalue weighted by Crippen LogP contribution is 2.25. The maximum absolute atomic E-state index is 11.9. The first-order valence-corrected chi connectivity index (χ1v) is 9.68. The molecule has 2 rings (SSSR count). The highest BCUT2D eigenvalue weighted by molar-refractivity contribution is 8.01. The van der Waals surface area contributed by atoms with E-state index in [2.05, 4.69) is 20.8 Å². The Labute approximate surface area is 154 Å². The van der Waals surface area contributed by atoms with Crippen molar-refractivity contribution in [2.45, 2.75) is 17.7 Å². The number of carbonyl (C=O) groups is 1. The van der Waals surface area contributed by atoms with Gasteiger partial charge in [0.15, 0.2) is 4.34 Å². The quantitative estimate of drug-likeness (QED) is 0.478. The molecule has 0 bridgehead atoms. The third-order valence-electron chi connectivity index (χ3n) is 2.81. The van der Waals surface area contributed by atoms with Crippen molar-refractivity contribution in [3.63, 3.8) is 0 Å². The van der Waals surface area contributed by atoms with Crippen LogP contribution >= 0.6 is 34.7 Å². The minimum atomic E-state index is -0.0938. The van der Waals surface area contributed by atoms with Crippen LogP contribution in [-0.2, 0) is 9.53 Å². The summed E-state index contributed by atoms with van der Waals surface area (Å²) in [5, 5.41) is 15.5. The van der Waals surface area contributed by atoms with E-state index in [0.29, 0.717) is 5.02 Å². The van der Waals surface area contributed by atoms with Gasteiger partial charge in [0, 0.05) is 30.5 Å². The molecule has 6 nitrogen and oxygen atoms in total. The Bertz CT molecular complexity index is 637. The first-order valence-electron chi connectivity index (χ1n) is 7.50. The van der Waals surface area contributed by atoms with Gasteiger partial charge in [-0.25, -0.2) is 0 Å². The number of aromatic nitrogens is 2. The first-order chi connectivity index (χ1) is 11.7. The highest BCUT2D eigenvalue weighted by Gasteiger charge is 2.08. The standard InChI is InChI=1S/C15H19ClN4O2S2/c1-2-22-9-3-8-17-14-19-20-15(24-14)23-10-13(21)18-12-6-4-11(16)5-7-12/h4-7H,2-3,8-10H2,1H3,(H,17,19)(H,18,21). The van der Waals surface area contributed by atoms with Crippen LogP contribution in [0.1, 0.15) is 13.3 Å². The summed E-state index contributed by atoms with van der Waals surface area (Å²) in [5.41, 5.74) is 0.721. The van der Waals surface area contributed by atoms with E-state index in [1.165, 1.54) is 23.1 Å². The lowest BCUT2D eigenvalue weighted by Crippen LogP contribution is -2.13. The van der Waals surface area contributed by atoms with Crippen molar-refractivity contribution in [1.29, 1.82) is 0 Å². The zero-order chi connectivity index (χ0) is 17.2. The van der Waals surface area contributed by atoms with E-state index < -0.39 is 0 Å². The van der Waals surface area contributed by atoms with Gasteiger partial charge in [-0.15, -0.1) is 10.2 Å². The third kappa shape index (κ3) is 7.04. The minimum absolute atomic E-state index is 0.0938. The molecule has 1 aromatic heterocycles. The van der Waals surface area contributed by atoms with Gasteiger partial charge in [-0.05, 0) is 37.6 Å². The van der Waals surface area contributed by atoms with E-state index in [1.807, 2.05) is 6.92 Å². The van der Waals surface area contributed by atoms with E-state index in [-0.39, 0.29) is 11.7 Å². The number of amides is 1. The van der Waals surface area contributed by atoms with E-state index in [0.717, 1.165) is 41.3 Å². The molecular weight excluding hydrogens is 368 g/mol. The molecule has 1 aromatic carbocycles. The molecule has 0 atom stereocenters. The SMILES string of the molecule is CCOCCCNc1nnc(SCC(=O)Nc2ccc(Cl)cc2)s1. The second kappa shape index (κ2) is 10.5. The molecule has 0 aliphatic rings. The zero-order valence-electron chi connectivity index (χ0n) is 13.3. The predicted octanol–water partition coefficient (Wildman–Crippen LogP) is 3.76. The molecule has 0 fully saturated rings. The molecule has 1 amide bonds. The summed E-state index contributed by atoms with van der Waals surface area (Å²) in [4.78, 5) is 11.9. The number of hydrogen-bond acceptors (Lipinski definition) is 7. The number of thioether (sulfide) groups is 1. The van der Waals surface area contributed by atoms with Crippen molar-refractivity contribution in [2.75, 3.05) is 36.1 Å². The van der Waals surface area contributed by atoms with Crippen LogP contribution in [0.4, 0.5) is 10.8 Å². The van der Waals surface area contributed by atoms with E-state index >= 15 is 0 Å². The summed E-state index contributed by atoms with van der Waals surface area (Å²) in [6.07, 6.45) is 0.916. The smallest absolute Gasteiger partial charge is 0.234 e. The van der Waals surface area contributed by atoms with Gasteiger partial charge in [0.05, 0.1) is 5.75 Å². The van der Waals surface area contributed by atoms with Gasteiger partial charge in [0.2, 0.25) is 11.0 Å². The molecule has 0 aliphatic heterocycles. The van der Waals surface area contributed by atoms with Gasteiger partial charge in [0.1, 0.15) is 0 Å². The summed E-state index contributed by atoms with van der Waals surface area (Å²) < 4.78 is 6.03. The van der Waals surface area contributed by atoms with Crippen LogP contribution in [-0.4, -0.2) is 41.6 Å². The predicted molar refractivity (Wildman–Crippen MR) is 100 cm³/mol. The molecule has 0 saturated carbocycles. The summed E-state index contributed by atoms with van der Waals surface area (Å²) in [6, 6.07) is 7.00. The monoisotopic (exact) mass is 386 g/mol. The van der Waals surface area contributed by atoms with Crippen LogP contribution in [0.3, 0.4) is 0 Å². The lowest BCUT2D eigenvalue weighted by molar-refractivity contribution is -0.113. The van der Waals surface area contributed by atoms with Gasteiger partial charge in [-0.1, -0.05) is 34.7 Å². The van der Waals surface area contributed by atoms with E-state index in [1.54, 1.807) is 24.3 Å². The number of carbonyl (C=O) groups excluding carboxylic acids is 1. The number of ether oxygens (including phenoxy) is 1. The molecule has 0 aliphatic carbocycles. The average molecular weight is 387 g/mol. The Balaban J connectivity index is 1.68. The van der Waals surface area contributed by atoms with Gasteiger partial charge < -0.3 is 15.4 Å². The number of nitrogens with one attached hydrogen (secondary N) is 2. The number of halogens is 1. The molecule has 9 heteroatoms. The topological polar surface area (TPSA) is 76.1 Å². The fourth-order valence-electron chi connectivity index (χ4n) is 1.71. The maximum Gasteiger partial charge on any atom is 0.234 e. The molecule has 1 heterocycles. The fourth-order valence-corrected chi connectivity index (χ4v) is 3.41. The van der Waals surface area contributed by atoms with Gasteiger partial charge in [-0.3, -0.25) is 4.79 Å². The molecule has 0 unspecified atom stereocenters. The second-order valence-corrected chi connectivity index (χ2v) is 7.33. The first kappa shape index (κ1) is 19.0. The van der Waals surface area contributed by atoms with Crippen LogP contribution in [0.25, 0.3) is 0 Å². The largest absolute Gasteiger partial charge is 0.382 e. The number of anilines is 2. The average Bonchev–Trinajstić information content (AvgIpc) is 3.03. The van der Waals surface area contributed by atoms with Crippen LogP contribution in [0.2, 0.25) is 5.02 Å². The van der Waals surface area contributed by atoms with Crippen LogP contribution in [0.5, 0.6) is 0 Å². The Morgan fingerprint density at radius 2 is 2.12 bits per heavy atom. The normalized spacial score (nSPS) is 10.6. The Kier molecular flexibility index (Phi) is 8.31. The Hall–Kier alpha value is -1.35. The van der Waals surface area contributed by atoms with E-state index in [9.17, 15) is 4.79 Å².